The zero-order valence-electron chi connectivity index (χ0n) is 13.3. The van der Waals surface area contributed by atoms with Crippen molar-refractivity contribution in [2.24, 2.45) is 5.41 Å². The summed E-state index contributed by atoms with van der Waals surface area (Å²) >= 11 is 0. The van der Waals surface area contributed by atoms with E-state index in [0.717, 1.165) is 11.1 Å². The summed E-state index contributed by atoms with van der Waals surface area (Å²) in [6.07, 6.45) is 0. The Morgan fingerprint density at radius 1 is 1.33 bits per heavy atom. The van der Waals surface area contributed by atoms with E-state index in [-0.39, 0.29) is 6.03 Å². The first-order valence-electron chi connectivity index (χ1n) is 6.91. The van der Waals surface area contributed by atoms with Gasteiger partial charge in [0.1, 0.15) is 6.04 Å². The highest BCUT2D eigenvalue weighted by molar-refractivity contribution is 5.83. The molecule has 21 heavy (non-hydrogen) atoms. The number of hydrogen-bond donors (Lipinski definition) is 2. The molecule has 116 valence electrons. The second-order valence-electron chi connectivity index (χ2n) is 6.43. The largest absolute Gasteiger partial charge is 0.480 e. The Bertz CT molecular complexity index is 520. The Morgan fingerprint density at radius 2 is 1.95 bits per heavy atom. The first-order valence-corrected chi connectivity index (χ1v) is 6.91. The van der Waals surface area contributed by atoms with Gasteiger partial charge in [0.25, 0.3) is 0 Å². The number of nitrogens with one attached hydrogen (secondary N) is 1. The van der Waals surface area contributed by atoms with Crippen LogP contribution < -0.4 is 5.32 Å². The van der Waals surface area contributed by atoms with E-state index in [4.69, 9.17) is 0 Å². The van der Waals surface area contributed by atoms with Crippen LogP contribution in [0.3, 0.4) is 0 Å². The van der Waals surface area contributed by atoms with E-state index >= 15 is 0 Å². The molecule has 1 atom stereocenters. The zero-order chi connectivity index (χ0) is 16.2. The zero-order valence-corrected chi connectivity index (χ0v) is 13.3. The van der Waals surface area contributed by atoms with Crippen LogP contribution in [0.15, 0.2) is 24.3 Å². The van der Waals surface area contributed by atoms with Gasteiger partial charge in [0.05, 0.1) is 0 Å². The van der Waals surface area contributed by atoms with Gasteiger partial charge in [-0.1, -0.05) is 50.6 Å². The number of hydrogen-bond acceptors (Lipinski definition) is 2. The van der Waals surface area contributed by atoms with Gasteiger partial charge < -0.3 is 15.3 Å². The summed E-state index contributed by atoms with van der Waals surface area (Å²) in [6, 6.07) is 6.55. The fourth-order valence-electron chi connectivity index (χ4n) is 2.04. The summed E-state index contributed by atoms with van der Waals surface area (Å²) in [5.74, 6) is -1.03. The quantitative estimate of drug-likeness (QED) is 0.896. The van der Waals surface area contributed by atoms with Gasteiger partial charge in [0, 0.05) is 13.6 Å². The average molecular weight is 292 g/mol. The summed E-state index contributed by atoms with van der Waals surface area (Å²) in [4.78, 5) is 24.9. The molecular formula is C16H24N2O3. The van der Waals surface area contributed by atoms with E-state index in [1.165, 1.54) is 4.90 Å². The Labute approximate surface area is 126 Å². The Kier molecular flexibility index (Phi) is 5.35. The lowest BCUT2D eigenvalue weighted by Crippen LogP contribution is -2.52. The lowest BCUT2D eigenvalue weighted by atomic mass is 9.87. The maximum atomic E-state index is 12.1. The molecule has 0 unspecified atom stereocenters. The van der Waals surface area contributed by atoms with Gasteiger partial charge in [-0.2, -0.15) is 0 Å². The van der Waals surface area contributed by atoms with Crippen molar-refractivity contribution in [3.05, 3.63) is 35.4 Å². The summed E-state index contributed by atoms with van der Waals surface area (Å²) in [6.45, 7) is 7.78. The van der Waals surface area contributed by atoms with Gasteiger partial charge in [-0.3, -0.25) is 0 Å². The van der Waals surface area contributed by atoms with E-state index in [2.05, 4.69) is 5.32 Å². The van der Waals surface area contributed by atoms with Gasteiger partial charge in [-0.25, -0.2) is 9.59 Å². The van der Waals surface area contributed by atoms with Crippen LogP contribution in [0.25, 0.3) is 0 Å². The van der Waals surface area contributed by atoms with Crippen molar-refractivity contribution in [2.45, 2.75) is 40.3 Å². The number of carboxylic acid groups (broad SMARTS) is 1. The molecule has 0 aliphatic heterocycles. The first-order chi connectivity index (χ1) is 9.61. The smallest absolute Gasteiger partial charge is 0.326 e. The number of nitrogens with zero attached hydrogens (tertiary/aromatic N) is 1. The highest BCUT2D eigenvalue weighted by Gasteiger charge is 2.33. The lowest BCUT2D eigenvalue weighted by molar-refractivity contribution is -0.142. The molecule has 0 aliphatic rings. The monoisotopic (exact) mass is 292 g/mol. The maximum absolute atomic E-state index is 12.1. The summed E-state index contributed by atoms with van der Waals surface area (Å²) in [5, 5.41) is 11.8. The third-order valence-corrected chi connectivity index (χ3v) is 3.23. The van der Waals surface area contributed by atoms with Crippen LogP contribution in [-0.4, -0.2) is 35.1 Å². The first kappa shape index (κ1) is 17.0. The molecule has 0 fully saturated rings. The molecule has 0 heterocycles. The predicted molar refractivity (Wildman–Crippen MR) is 82.1 cm³/mol. The second kappa shape index (κ2) is 6.61. The van der Waals surface area contributed by atoms with Crippen LogP contribution in [0, 0.1) is 12.3 Å². The van der Waals surface area contributed by atoms with Crippen LogP contribution in [0.4, 0.5) is 4.79 Å². The van der Waals surface area contributed by atoms with Crippen LogP contribution in [0.1, 0.15) is 31.9 Å². The highest BCUT2D eigenvalue weighted by atomic mass is 16.4. The van der Waals surface area contributed by atoms with Gasteiger partial charge in [-0.15, -0.1) is 0 Å². The number of urea groups is 1. The standard InChI is InChI=1S/C16H24N2O3/c1-11-7-6-8-12(9-11)10-18(5)15(21)17-13(14(19)20)16(2,3)4/h6-9,13H,10H2,1-5H3,(H,17,21)(H,19,20)/t13-/m0/s1. The molecule has 0 aliphatic carbocycles. The molecule has 1 aromatic carbocycles. The van der Waals surface area contributed by atoms with Gasteiger partial charge in [0.15, 0.2) is 0 Å². The van der Waals surface area contributed by atoms with E-state index < -0.39 is 17.4 Å². The molecule has 1 aromatic rings. The molecule has 0 radical (unpaired) electrons. The van der Waals surface area contributed by atoms with E-state index in [1.807, 2.05) is 31.2 Å². The lowest BCUT2D eigenvalue weighted by Gasteiger charge is -2.29. The third kappa shape index (κ3) is 5.10. The Hall–Kier alpha value is -2.04. The number of carbonyl (C=O) groups excluding carboxylic acids is 1. The van der Waals surface area contributed by atoms with Crippen LogP contribution in [-0.2, 0) is 11.3 Å². The number of rotatable bonds is 4. The molecule has 5 nitrogen and oxygen atoms in total. The minimum Gasteiger partial charge on any atom is -0.480 e. The van der Waals surface area contributed by atoms with Crippen molar-refractivity contribution in [3.63, 3.8) is 0 Å². The molecule has 2 N–H and O–H groups in total. The molecule has 5 heteroatoms. The van der Waals surface area contributed by atoms with Gasteiger partial charge in [-0.05, 0) is 17.9 Å². The highest BCUT2D eigenvalue weighted by Crippen LogP contribution is 2.19. The summed E-state index contributed by atoms with van der Waals surface area (Å²) in [7, 11) is 1.65. The second-order valence-corrected chi connectivity index (χ2v) is 6.43. The topological polar surface area (TPSA) is 69.6 Å². The van der Waals surface area contributed by atoms with Crippen LogP contribution >= 0.6 is 0 Å². The SMILES string of the molecule is Cc1cccc(CN(C)C(=O)N[C@@H](C(=O)O)C(C)(C)C)c1. The minimum atomic E-state index is -1.03. The van der Waals surface area contributed by atoms with Crippen LogP contribution in [0.5, 0.6) is 0 Å². The molecule has 1 rings (SSSR count). The summed E-state index contributed by atoms with van der Waals surface area (Å²) in [5.41, 5.74) is 1.58. The summed E-state index contributed by atoms with van der Waals surface area (Å²) < 4.78 is 0. The molecule has 2 amide bonds. The van der Waals surface area contributed by atoms with E-state index in [1.54, 1.807) is 27.8 Å². The fourth-order valence-corrected chi connectivity index (χ4v) is 2.04. The van der Waals surface area contributed by atoms with Crippen molar-refractivity contribution >= 4 is 12.0 Å². The molecule has 0 spiro atoms. The van der Waals surface area contributed by atoms with Crippen molar-refractivity contribution in [2.75, 3.05) is 7.05 Å². The predicted octanol–water partition coefficient (Wildman–Crippen LogP) is 2.64. The Balaban J connectivity index is 2.72. The number of amides is 2. The minimum absolute atomic E-state index is 0.390. The van der Waals surface area contributed by atoms with Gasteiger partial charge in [0.2, 0.25) is 0 Å². The Morgan fingerprint density at radius 3 is 2.43 bits per heavy atom. The molecular weight excluding hydrogens is 268 g/mol. The number of benzene rings is 1. The van der Waals surface area contributed by atoms with Crippen LogP contribution in [0.2, 0.25) is 0 Å². The van der Waals surface area contributed by atoms with Gasteiger partial charge >= 0.3 is 12.0 Å². The average Bonchev–Trinajstić information content (AvgIpc) is 2.33. The van der Waals surface area contributed by atoms with Crippen molar-refractivity contribution in [1.82, 2.24) is 10.2 Å². The molecule has 0 saturated carbocycles. The maximum Gasteiger partial charge on any atom is 0.326 e. The molecule has 0 bridgehead atoms. The van der Waals surface area contributed by atoms with E-state index in [0.29, 0.717) is 6.54 Å². The number of carboxylic acids is 1. The molecule has 0 aromatic heterocycles. The normalized spacial score (nSPS) is 12.6. The third-order valence-electron chi connectivity index (χ3n) is 3.23. The van der Waals surface area contributed by atoms with E-state index in [9.17, 15) is 14.7 Å². The van der Waals surface area contributed by atoms with Crippen molar-refractivity contribution in [1.29, 1.82) is 0 Å². The molecule has 0 saturated heterocycles. The number of aryl methyl sites for hydroxylation is 1. The van der Waals surface area contributed by atoms with Crippen molar-refractivity contribution in [3.8, 4) is 0 Å². The number of carbonyl (C=O) groups is 2. The van der Waals surface area contributed by atoms with Crippen molar-refractivity contribution < 1.29 is 14.7 Å². The fraction of sp³-hybridized carbons (Fsp3) is 0.500. The number of aliphatic carboxylic acids is 1.